The summed E-state index contributed by atoms with van der Waals surface area (Å²) < 4.78 is 26.6. The quantitative estimate of drug-likeness (QED) is 0.446. The van der Waals surface area contributed by atoms with Crippen LogP contribution in [0.25, 0.3) is 0 Å². The third kappa shape index (κ3) is 7.59. The summed E-state index contributed by atoms with van der Waals surface area (Å²) in [6.45, 7) is 7.47. The zero-order chi connectivity index (χ0) is 26.3. The molecule has 0 spiro atoms. The second-order valence-electron chi connectivity index (χ2n) is 8.46. The fourth-order valence-corrected chi connectivity index (χ4v) is 5.09. The highest BCUT2D eigenvalue weighted by Crippen LogP contribution is 2.27. The molecule has 0 saturated heterocycles. The molecule has 2 rings (SSSR count). The van der Waals surface area contributed by atoms with E-state index in [9.17, 15) is 18.0 Å². The molecule has 1 atom stereocenters. The molecule has 0 aromatic heterocycles. The van der Waals surface area contributed by atoms with Gasteiger partial charge in [0.15, 0.2) is 0 Å². The lowest BCUT2D eigenvalue weighted by atomic mass is 10.1. The number of amides is 2. The minimum absolute atomic E-state index is 0.0251. The van der Waals surface area contributed by atoms with Crippen molar-refractivity contribution in [1.29, 1.82) is 0 Å². The summed E-state index contributed by atoms with van der Waals surface area (Å²) in [5, 5.41) is 3.64. The summed E-state index contributed by atoms with van der Waals surface area (Å²) in [4.78, 5) is 28.1. The van der Waals surface area contributed by atoms with E-state index >= 15 is 0 Å². The average Bonchev–Trinajstić information content (AvgIpc) is 2.78. The predicted octanol–water partition coefficient (Wildman–Crippen LogP) is 4.71. The maximum atomic E-state index is 13.7. The second kappa shape index (κ2) is 12.6. The van der Waals surface area contributed by atoms with Gasteiger partial charge in [-0.3, -0.25) is 13.9 Å². The van der Waals surface area contributed by atoms with Gasteiger partial charge in [-0.25, -0.2) is 8.42 Å². The predicted molar refractivity (Wildman–Crippen MR) is 142 cm³/mol. The number of carbonyl (C=O) groups excluding carboxylic acids is 2. The minimum Gasteiger partial charge on any atom is -0.354 e. The molecular weight excluding hydrogens is 509 g/mol. The van der Waals surface area contributed by atoms with Crippen molar-refractivity contribution in [2.45, 2.75) is 53.1 Å². The van der Waals surface area contributed by atoms with E-state index in [0.29, 0.717) is 34.3 Å². The number of aryl methyl sites for hydroxylation is 1. The van der Waals surface area contributed by atoms with E-state index in [1.165, 1.54) is 4.90 Å². The number of nitrogens with zero attached hydrogens (tertiary/aromatic N) is 2. The molecule has 0 bridgehead atoms. The minimum atomic E-state index is -3.80. The van der Waals surface area contributed by atoms with E-state index in [-0.39, 0.29) is 12.5 Å². The van der Waals surface area contributed by atoms with Gasteiger partial charge in [-0.15, -0.1) is 0 Å². The van der Waals surface area contributed by atoms with Gasteiger partial charge in [0.05, 0.1) is 11.9 Å². The van der Waals surface area contributed by atoms with Crippen molar-refractivity contribution in [3.05, 3.63) is 63.1 Å². The van der Waals surface area contributed by atoms with Crippen LogP contribution in [0.4, 0.5) is 5.69 Å². The first-order valence-corrected chi connectivity index (χ1v) is 14.1. The first-order chi connectivity index (χ1) is 16.4. The number of sulfonamides is 1. The van der Waals surface area contributed by atoms with Gasteiger partial charge in [0.1, 0.15) is 12.6 Å². The van der Waals surface area contributed by atoms with Crippen LogP contribution < -0.4 is 9.62 Å². The molecule has 10 heteroatoms. The van der Waals surface area contributed by atoms with E-state index in [1.54, 1.807) is 37.3 Å². The van der Waals surface area contributed by atoms with Gasteiger partial charge in [0, 0.05) is 23.1 Å². The largest absolute Gasteiger partial charge is 0.354 e. The zero-order valence-electron chi connectivity index (χ0n) is 20.8. The van der Waals surface area contributed by atoms with Gasteiger partial charge >= 0.3 is 0 Å². The molecule has 0 heterocycles. The Balaban J connectivity index is 2.50. The molecule has 7 nitrogen and oxygen atoms in total. The zero-order valence-corrected chi connectivity index (χ0v) is 23.1. The number of carbonyl (C=O) groups is 2. The molecule has 0 saturated carbocycles. The SMILES string of the molecule is CCCNC(=O)[C@H](CC)N(Cc1ccc(Cl)cc1Cl)C(=O)CN(c1cccc(C)c1C)S(C)(=O)=O. The molecule has 0 fully saturated rings. The van der Waals surface area contributed by atoms with Crippen LogP contribution in [0.3, 0.4) is 0 Å². The van der Waals surface area contributed by atoms with Gasteiger partial charge < -0.3 is 10.2 Å². The molecule has 1 N–H and O–H groups in total. The smallest absolute Gasteiger partial charge is 0.244 e. The van der Waals surface area contributed by atoms with Crippen LogP contribution in [-0.4, -0.2) is 50.5 Å². The van der Waals surface area contributed by atoms with Gasteiger partial charge in [0.2, 0.25) is 21.8 Å². The Hall–Kier alpha value is -2.29. The van der Waals surface area contributed by atoms with Crippen LogP contribution in [0.1, 0.15) is 43.4 Å². The van der Waals surface area contributed by atoms with Crippen molar-refractivity contribution >= 4 is 50.7 Å². The number of anilines is 1. The monoisotopic (exact) mass is 541 g/mol. The normalized spacial score (nSPS) is 12.2. The first-order valence-electron chi connectivity index (χ1n) is 11.5. The number of halogens is 2. The Morgan fingerprint density at radius 2 is 1.77 bits per heavy atom. The van der Waals surface area contributed by atoms with Crippen molar-refractivity contribution in [1.82, 2.24) is 10.2 Å². The Kier molecular flexibility index (Phi) is 10.4. The molecule has 0 aliphatic carbocycles. The summed E-state index contributed by atoms with van der Waals surface area (Å²) in [5.41, 5.74) is 2.68. The number of rotatable bonds is 11. The lowest BCUT2D eigenvalue weighted by Crippen LogP contribution is -2.52. The van der Waals surface area contributed by atoms with E-state index in [4.69, 9.17) is 23.2 Å². The van der Waals surface area contributed by atoms with Gasteiger partial charge in [0.25, 0.3) is 0 Å². The molecule has 0 unspecified atom stereocenters. The molecule has 192 valence electrons. The molecule has 2 aromatic rings. The van der Waals surface area contributed by atoms with Crippen LogP contribution >= 0.6 is 23.2 Å². The summed E-state index contributed by atoms with van der Waals surface area (Å²) in [7, 11) is -3.80. The van der Waals surface area contributed by atoms with Crippen molar-refractivity contribution in [3.8, 4) is 0 Å². The second-order valence-corrected chi connectivity index (χ2v) is 11.2. The van der Waals surface area contributed by atoms with Gasteiger partial charge in [-0.2, -0.15) is 0 Å². The highest BCUT2D eigenvalue weighted by molar-refractivity contribution is 7.92. The molecule has 0 aliphatic heterocycles. The summed E-state index contributed by atoms with van der Waals surface area (Å²) in [5.74, 6) is -0.814. The van der Waals surface area contributed by atoms with Crippen molar-refractivity contribution in [2.24, 2.45) is 0 Å². The average molecular weight is 543 g/mol. The number of benzene rings is 2. The van der Waals surface area contributed by atoms with Crippen molar-refractivity contribution in [3.63, 3.8) is 0 Å². The molecule has 2 aromatic carbocycles. The van der Waals surface area contributed by atoms with E-state index < -0.39 is 28.5 Å². The molecule has 0 aliphatic rings. The Morgan fingerprint density at radius 3 is 2.34 bits per heavy atom. The Bertz CT molecular complexity index is 1170. The van der Waals surface area contributed by atoms with E-state index in [1.807, 2.05) is 26.8 Å². The molecular formula is C25H33Cl2N3O4S. The number of nitrogens with one attached hydrogen (secondary N) is 1. The summed E-state index contributed by atoms with van der Waals surface area (Å²) in [6.07, 6.45) is 2.15. The molecule has 0 radical (unpaired) electrons. The maximum absolute atomic E-state index is 13.7. The Morgan fingerprint density at radius 1 is 1.09 bits per heavy atom. The first kappa shape index (κ1) is 28.9. The third-order valence-corrected chi connectivity index (χ3v) is 7.53. The molecule has 35 heavy (non-hydrogen) atoms. The maximum Gasteiger partial charge on any atom is 0.244 e. The van der Waals surface area contributed by atoms with Crippen LogP contribution in [0.2, 0.25) is 10.0 Å². The lowest BCUT2D eigenvalue weighted by Gasteiger charge is -2.33. The summed E-state index contributed by atoms with van der Waals surface area (Å²) >= 11 is 12.4. The van der Waals surface area contributed by atoms with Crippen LogP contribution in [-0.2, 0) is 26.2 Å². The number of hydrogen-bond donors (Lipinski definition) is 1. The Labute approximate surface area is 218 Å². The van der Waals surface area contributed by atoms with Gasteiger partial charge in [-0.1, -0.05) is 55.2 Å². The lowest BCUT2D eigenvalue weighted by molar-refractivity contribution is -0.140. The van der Waals surface area contributed by atoms with E-state index in [2.05, 4.69) is 5.32 Å². The number of hydrogen-bond acceptors (Lipinski definition) is 4. The highest BCUT2D eigenvalue weighted by atomic mass is 35.5. The van der Waals surface area contributed by atoms with Crippen LogP contribution in [0.5, 0.6) is 0 Å². The molecule has 2 amide bonds. The van der Waals surface area contributed by atoms with Crippen LogP contribution in [0.15, 0.2) is 36.4 Å². The topological polar surface area (TPSA) is 86.8 Å². The standard InChI is InChI=1S/C25H33Cl2N3O4S/c1-6-13-28-25(32)22(7-2)29(15-19-11-12-20(26)14-21(19)27)24(31)16-30(35(5,33)34)23-10-8-9-17(3)18(23)4/h8-12,14,22H,6-7,13,15-16H2,1-5H3,(H,28,32)/t22-/m0/s1. The summed E-state index contributed by atoms with van der Waals surface area (Å²) in [6, 6.07) is 9.41. The third-order valence-electron chi connectivity index (χ3n) is 5.81. The van der Waals surface area contributed by atoms with E-state index in [0.717, 1.165) is 28.1 Å². The highest BCUT2D eigenvalue weighted by Gasteiger charge is 2.32. The van der Waals surface area contributed by atoms with Gasteiger partial charge in [-0.05, 0) is 61.6 Å². The van der Waals surface area contributed by atoms with Crippen LogP contribution in [0, 0.1) is 13.8 Å². The fraction of sp³-hybridized carbons (Fsp3) is 0.440. The van der Waals surface area contributed by atoms with Crippen molar-refractivity contribution in [2.75, 3.05) is 23.7 Å². The fourth-order valence-electron chi connectivity index (χ4n) is 3.72. The van der Waals surface area contributed by atoms with Crippen molar-refractivity contribution < 1.29 is 18.0 Å².